The monoisotopic (exact) mass is 554 g/mol. The van der Waals surface area contributed by atoms with Crippen LogP contribution in [0, 0.1) is 0 Å². The number of rotatable bonds is 2. The average molecular weight is 555 g/mol. The molecule has 6 aromatic carbocycles. The van der Waals surface area contributed by atoms with Gasteiger partial charge in [0.15, 0.2) is 0 Å². The molecule has 0 bridgehead atoms. The molecular weight excluding hydrogens is 532 g/mol. The molecule has 0 fully saturated rings. The Morgan fingerprint density at radius 2 is 0.837 bits per heavy atom. The molecule has 4 aromatic heterocycles. The Labute approximate surface area is 242 Å². The van der Waals surface area contributed by atoms with Crippen molar-refractivity contribution in [1.82, 2.24) is 19.9 Å². The topological polar surface area (TPSA) is 89.5 Å². The standard InChI is InChI=1S/C37H22N4O2/c42-37(19-9-11-23-27-15-13-25-21-5-1-3-7-29(21)38-33(25)35(27)40-31(23)17-19)43-20-10-12-24-28-16-14-26-22-6-2-4-8-30(22)39-34(26)36(28)41-32(24)18-20/h1-18,38-41H. The fourth-order valence-electron chi connectivity index (χ4n) is 6.92. The van der Waals surface area contributed by atoms with Crippen molar-refractivity contribution in [2.24, 2.45) is 0 Å². The molecule has 0 saturated heterocycles. The van der Waals surface area contributed by atoms with Crippen LogP contribution in [0.4, 0.5) is 0 Å². The smallest absolute Gasteiger partial charge is 0.343 e. The summed E-state index contributed by atoms with van der Waals surface area (Å²) in [6.45, 7) is 0. The van der Waals surface area contributed by atoms with Gasteiger partial charge in [0.1, 0.15) is 5.75 Å². The second-order valence-corrected chi connectivity index (χ2v) is 11.3. The number of carbonyl (C=O) groups excluding carboxylic acids is 1. The summed E-state index contributed by atoms with van der Waals surface area (Å²) in [6, 6.07) is 36.7. The second-order valence-electron chi connectivity index (χ2n) is 11.3. The van der Waals surface area contributed by atoms with E-state index in [0.717, 1.165) is 65.7 Å². The summed E-state index contributed by atoms with van der Waals surface area (Å²) in [5.74, 6) is 0.0956. The molecule has 0 spiro atoms. The predicted molar refractivity (Wildman–Crippen MR) is 175 cm³/mol. The molecule has 0 saturated carbocycles. The van der Waals surface area contributed by atoms with E-state index in [-0.39, 0.29) is 0 Å². The van der Waals surface area contributed by atoms with Crippen LogP contribution in [0.3, 0.4) is 0 Å². The van der Waals surface area contributed by atoms with Gasteiger partial charge >= 0.3 is 5.97 Å². The number of aromatic amines is 4. The fourth-order valence-corrected chi connectivity index (χ4v) is 6.92. The van der Waals surface area contributed by atoms with Gasteiger partial charge in [0, 0.05) is 65.7 Å². The van der Waals surface area contributed by atoms with Crippen molar-refractivity contribution in [3.05, 3.63) is 115 Å². The molecular formula is C37H22N4O2. The van der Waals surface area contributed by atoms with E-state index in [9.17, 15) is 4.79 Å². The van der Waals surface area contributed by atoms with Gasteiger partial charge in [-0.3, -0.25) is 0 Å². The molecule has 0 aliphatic carbocycles. The van der Waals surface area contributed by atoms with Crippen molar-refractivity contribution in [3.8, 4) is 5.75 Å². The molecule has 4 heterocycles. The first-order valence-corrected chi connectivity index (χ1v) is 14.3. The molecule has 0 amide bonds. The van der Waals surface area contributed by atoms with Gasteiger partial charge in [-0.05, 0) is 36.4 Å². The lowest BCUT2D eigenvalue weighted by Gasteiger charge is -2.05. The van der Waals surface area contributed by atoms with Crippen LogP contribution in [-0.2, 0) is 0 Å². The zero-order valence-corrected chi connectivity index (χ0v) is 22.7. The van der Waals surface area contributed by atoms with Crippen LogP contribution < -0.4 is 4.74 Å². The number of nitrogens with one attached hydrogen (secondary N) is 4. The number of H-pyrrole nitrogens is 4. The van der Waals surface area contributed by atoms with E-state index in [0.29, 0.717) is 11.3 Å². The van der Waals surface area contributed by atoms with Gasteiger partial charge in [-0.2, -0.15) is 0 Å². The molecule has 10 aromatic rings. The largest absolute Gasteiger partial charge is 0.423 e. The number of benzene rings is 6. The van der Waals surface area contributed by atoms with E-state index in [1.54, 1.807) is 0 Å². The Morgan fingerprint density at radius 1 is 0.419 bits per heavy atom. The number of aromatic nitrogens is 4. The average Bonchev–Trinajstić information content (AvgIpc) is 3.79. The molecule has 202 valence electrons. The normalized spacial score (nSPS) is 12.3. The van der Waals surface area contributed by atoms with Crippen molar-refractivity contribution in [3.63, 3.8) is 0 Å². The third kappa shape index (κ3) is 3.09. The van der Waals surface area contributed by atoms with Gasteiger partial charge in [0.05, 0.1) is 33.1 Å². The maximum atomic E-state index is 13.3. The zero-order chi connectivity index (χ0) is 28.2. The van der Waals surface area contributed by atoms with Crippen LogP contribution in [0.2, 0.25) is 0 Å². The summed E-state index contributed by atoms with van der Waals surface area (Å²) in [4.78, 5) is 27.6. The van der Waals surface area contributed by atoms with Crippen LogP contribution in [0.5, 0.6) is 5.75 Å². The highest BCUT2D eigenvalue weighted by molar-refractivity contribution is 6.23. The van der Waals surface area contributed by atoms with Crippen LogP contribution in [-0.4, -0.2) is 25.9 Å². The number of hydrogen-bond acceptors (Lipinski definition) is 2. The predicted octanol–water partition coefficient (Wildman–Crippen LogP) is 9.44. The lowest BCUT2D eigenvalue weighted by atomic mass is 10.1. The van der Waals surface area contributed by atoms with Crippen molar-refractivity contribution in [2.45, 2.75) is 0 Å². The van der Waals surface area contributed by atoms with E-state index in [2.05, 4.69) is 80.6 Å². The molecule has 0 unspecified atom stereocenters. The number of carbonyl (C=O) groups is 1. The lowest BCUT2D eigenvalue weighted by molar-refractivity contribution is 0.0735. The number of esters is 1. The number of para-hydroxylation sites is 2. The zero-order valence-electron chi connectivity index (χ0n) is 22.7. The van der Waals surface area contributed by atoms with Gasteiger partial charge in [-0.1, -0.05) is 66.7 Å². The second kappa shape index (κ2) is 8.05. The van der Waals surface area contributed by atoms with Gasteiger partial charge in [-0.15, -0.1) is 0 Å². The van der Waals surface area contributed by atoms with Crippen LogP contribution in [0.15, 0.2) is 109 Å². The minimum absolute atomic E-state index is 0.398. The Balaban J connectivity index is 1.03. The third-order valence-corrected chi connectivity index (χ3v) is 8.92. The molecule has 0 aliphatic rings. The Morgan fingerprint density at radius 3 is 1.40 bits per heavy atom. The van der Waals surface area contributed by atoms with E-state index in [1.807, 2.05) is 48.5 Å². The molecule has 6 nitrogen and oxygen atoms in total. The molecule has 6 heteroatoms. The highest BCUT2D eigenvalue weighted by Crippen LogP contribution is 2.37. The first-order valence-electron chi connectivity index (χ1n) is 14.3. The summed E-state index contributed by atoms with van der Waals surface area (Å²) >= 11 is 0. The van der Waals surface area contributed by atoms with Crippen molar-refractivity contribution >= 4 is 93.2 Å². The first-order chi connectivity index (χ1) is 21.2. The van der Waals surface area contributed by atoms with Gasteiger partial charge in [0.2, 0.25) is 0 Å². The van der Waals surface area contributed by atoms with Crippen molar-refractivity contribution in [1.29, 1.82) is 0 Å². The van der Waals surface area contributed by atoms with Crippen LogP contribution in [0.1, 0.15) is 10.4 Å². The quantitative estimate of drug-likeness (QED) is 0.127. The molecule has 0 aliphatic heterocycles. The Hall–Kier alpha value is -6.01. The summed E-state index contributed by atoms with van der Waals surface area (Å²) < 4.78 is 5.89. The Kier molecular flexibility index (Phi) is 4.24. The summed E-state index contributed by atoms with van der Waals surface area (Å²) in [6.07, 6.45) is 0. The SMILES string of the molecule is O=C(Oc1ccc2c(c1)[nH]c1c2ccc2c3ccccc3[nH]c21)c1ccc2c(c1)[nH]c1c2ccc2c3ccccc3[nH]c21. The summed E-state index contributed by atoms with van der Waals surface area (Å²) in [5, 5.41) is 9.13. The molecule has 10 rings (SSSR count). The third-order valence-electron chi connectivity index (χ3n) is 8.92. The minimum atomic E-state index is -0.398. The fraction of sp³-hybridized carbons (Fsp3) is 0. The molecule has 4 N–H and O–H groups in total. The van der Waals surface area contributed by atoms with E-state index >= 15 is 0 Å². The highest BCUT2D eigenvalue weighted by atomic mass is 16.5. The van der Waals surface area contributed by atoms with Crippen molar-refractivity contribution < 1.29 is 9.53 Å². The van der Waals surface area contributed by atoms with Gasteiger partial charge in [0.25, 0.3) is 0 Å². The maximum Gasteiger partial charge on any atom is 0.343 e. The van der Waals surface area contributed by atoms with E-state index in [4.69, 9.17) is 4.74 Å². The summed E-state index contributed by atoms with van der Waals surface area (Å²) in [5.41, 5.74) is 8.72. The Bertz CT molecular complexity index is 2790. The number of ether oxygens (including phenoxy) is 1. The van der Waals surface area contributed by atoms with Crippen molar-refractivity contribution in [2.75, 3.05) is 0 Å². The summed E-state index contributed by atoms with van der Waals surface area (Å²) in [7, 11) is 0. The first kappa shape index (κ1) is 22.7. The van der Waals surface area contributed by atoms with Crippen LogP contribution >= 0.6 is 0 Å². The molecule has 0 atom stereocenters. The number of fused-ring (bicyclic) bond motifs is 14. The number of hydrogen-bond donors (Lipinski definition) is 4. The van der Waals surface area contributed by atoms with E-state index in [1.165, 1.54) is 21.5 Å². The minimum Gasteiger partial charge on any atom is -0.423 e. The molecule has 43 heavy (non-hydrogen) atoms. The molecule has 0 radical (unpaired) electrons. The van der Waals surface area contributed by atoms with Gasteiger partial charge in [-0.25, -0.2) is 4.79 Å². The maximum absolute atomic E-state index is 13.3. The van der Waals surface area contributed by atoms with E-state index < -0.39 is 5.97 Å². The van der Waals surface area contributed by atoms with Crippen LogP contribution in [0.25, 0.3) is 87.2 Å². The lowest BCUT2D eigenvalue weighted by Crippen LogP contribution is -2.08. The van der Waals surface area contributed by atoms with Gasteiger partial charge < -0.3 is 24.7 Å². The highest BCUT2D eigenvalue weighted by Gasteiger charge is 2.16.